The second-order valence-electron chi connectivity index (χ2n) is 12.9. The van der Waals surface area contributed by atoms with Gasteiger partial charge in [0.15, 0.2) is 5.78 Å². The number of fused-ring (bicyclic) bond motifs is 2. The Balaban J connectivity index is 0.000000334. The van der Waals surface area contributed by atoms with Crippen LogP contribution in [-0.2, 0) is 31.3 Å². The second-order valence-corrected chi connectivity index (χ2v) is 15.1. The average Bonchev–Trinajstić information content (AvgIpc) is 3.44. The Morgan fingerprint density at radius 2 is 1.62 bits per heavy atom. The van der Waals surface area contributed by atoms with Crippen LogP contribution in [0.2, 0.25) is 0 Å². The van der Waals surface area contributed by atoms with Gasteiger partial charge in [-0.25, -0.2) is 0 Å². The standard InChI is InChI=1S/C29H26NSe.C13H24O2.Ir/c1-18(2)11-21-5-6-24-17-28(31-27(24)15-21)23-7-8-26-22(16-23)9-10-30-29(26)25-13-19(3)12-20(4)14-25;1-5-10(6-2)12(14)9-13(15)11(7-3)8-4;/h5-10,12-13,15-18H,11H2,1-4H3;9-11,14H,5-8H2,1-4H3;/q-1;;/b;12-9-;/i10D;;. The molecule has 0 amide bonds. The molecule has 1 radical (unpaired) electrons. The Hall–Kier alpha value is -2.81. The first-order valence-electron chi connectivity index (χ1n) is 17.4. The molecule has 0 atom stereocenters. The number of hydrogen-bond donors (Lipinski definition) is 1. The zero-order valence-electron chi connectivity index (χ0n) is 30.2. The predicted octanol–water partition coefficient (Wildman–Crippen LogP) is 11.3. The van der Waals surface area contributed by atoms with Gasteiger partial charge in [0.05, 0.1) is 5.76 Å². The van der Waals surface area contributed by atoms with E-state index in [-0.39, 0.29) is 43.5 Å². The molecule has 47 heavy (non-hydrogen) atoms. The van der Waals surface area contributed by atoms with Crippen LogP contribution in [0, 0.1) is 37.7 Å². The van der Waals surface area contributed by atoms with Gasteiger partial charge in [-0.2, -0.15) is 0 Å². The Morgan fingerprint density at radius 3 is 2.26 bits per heavy atom. The summed E-state index contributed by atoms with van der Waals surface area (Å²) in [6, 6.07) is 25.5. The van der Waals surface area contributed by atoms with Crippen LogP contribution < -0.4 is 0 Å². The second kappa shape index (κ2) is 18.1. The molecule has 2 heterocycles. The van der Waals surface area contributed by atoms with E-state index in [1.165, 1.54) is 36.9 Å². The number of benzene rings is 3. The molecule has 3 nitrogen and oxygen atoms in total. The monoisotopic (exact) mass is 874 g/mol. The topological polar surface area (TPSA) is 50.2 Å². The van der Waals surface area contributed by atoms with E-state index in [9.17, 15) is 9.90 Å². The molecule has 0 saturated carbocycles. The number of hydrogen-bond acceptors (Lipinski definition) is 3. The molecule has 5 rings (SSSR count). The summed E-state index contributed by atoms with van der Waals surface area (Å²) in [4.78, 5) is 16.3. The fourth-order valence-corrected chi connectivity index (χ4v) is 8.46. The number of ketones is 1. The molecule has 1 N–H and O–H groups in total. The van der Waals surface area contributed by atoms with E-state index in [4.69, 9.17) is 1.37 Å². The van der Waals surface area contributed by atoms with E-state index in [0.29, 0.717) is 26.6 Å². The zero-order valence-corrected chi connectivity index (χ0v) is 33.3. The van der Waals surface area contributed by atoms with Crippen molar-refractivity contribution < 1.29 is 31.4 Å². The molecule has 5 aromatic rings. The van der Waals surface area contributed by atoms with Crippen LogP contribution in [0.4, 0.5) is 0 Å². The summed E-state index contributed by atoms with van der Waals surface area (Å²) in [6.45, 7) is 16.8. The van der Waals surface area contributed by atoms with E-state index >= 15 is 0 Å². The molecular weight excluding hydrogens is 822 g/mol. The molecule has 0 aliphatic carbocycles. The minimum Gasteiger partial charge on any atom is 0 e. The van der Waals surface area contributed by atoms with Crippen LogP contribution in [0.15, 0.2) is 78.7 Å². The number of aliphatic hydroxyl groups is 1. The van der Waals surface area contributed by atoms with Gasteiger partial charge in [0.2, 0.25) is 0 Å². The summed E-state index contributed by atoms with van der Waals surface area (Å²) in [5, 5.41) is 13.3. The SMILES string of the molecule is CCC(CC)C(=O)/C=C(\O)C(CC)CC.[2H]c1cc2cc(-c3cc4ccc(CC(C)C)cc4[se]3)ccc2c(-c2[c-]c(C)cc(C)c2)n1.[Ir]. The molecule has 5 heteroatoms. The number of rotatable bonds is 11. The van der Waals surface area contributed by atoms with Crippen LogP contribution >= 0.6 is 0 Å². The summed E-state index contributed by atoms with van der Waals surface area (Å²) in [5.74, 6) is 1.22. The van der Waals surface area contributed by atoms with E-state index < -0.39 is 0 Å². The fraction of sp³-hybridized carbons (Fsp3) is 0.381. The first-order chi connectivity index (χ1) is 22.5. The van der Waals surface area contributed by atoms with E-state index in [0.717, 1.165) is 59.7 Å². The molecule has 0 spiro atoms. The van der Waals surface area contributed by atoms with Gasteiger partial charge in [-0.3, -0.25) is 4.79 Å². The summed E-state index contributed by atoms with van der Waals surface area (Å²) < 4.78 is 11.2. The smallest absolute Gasteiger partial charge is 0 e. The molecule has 0 fully saturated rings. The van der Waals surface area contributed by atoms with Gasteiger partial charge in [0.25, 0.3) is 0 Å². The third-order valence-electron chi connectivity index (χ3n) is 8.70. The van der Waals surface area contributed by atoms with Crippen LogP contribution in [0.1, 0.15) is 85.3 Å². The number of aliphatic hydroxyl groups excluding tert-OH is 1. The Kier molecular flexibility index (Phi) is 14.2. The van der Waals surface area contributed by atoms with Crippen molar-refractivity contribution in [2.24, 2.45) is 17.8 Å². The van der Waals surface area contributed by atoms with Crippen LogP contribution in [0.5, 0.6) is 0 Å². The fourth-order valence-electron chi connectivity index (χ4n) is 6.10. The van der Waals surface area contributed by atoms with Crippen molar-refractivity contribution in [3.8, 4) is 21.3 Å². The third-order valence-corrected chi connectivity index (χ3v) is 11.1. The van der Waals surface area contributed by atoms with Gasteiger partial charge in [0.1, 0.15) is 0 Å². The largest absolute Gasteiger partial charge is 0 e. The first-order valence-corrected chi connectivity index (χ1v) is 18.6. The minimum atomic E-state index is 0. The minimum absolute atomic E-state index is 0. The van der Waals surface area contributed by atoms with Crippen LogP contribution in [0.3, 0.4) is 0 Å². The van der Waals surface area contributed by atoms with E-state index in [1.807, 2.05) is 33.8 Å². The number of carbonyl (C=O) groups is 1. The Morgan fingerprint density at radius 1 is 0.915 bits per heavy atom. The Labute approximate surface area is 303 Å². The maximum absolute atomic E-state index is 11.7. The van der Waals surface area contributed by atoms with E-state index in [1.54, 1.807) is 0 Å². The summed E-state index contributed by atoms with van der Waals surface area (Å²) in [6.07, 6.45) is 6.33. The summed E-state index contributed by atoms with van der Waals surface area (Å²) >= 11 is 0.303. The normalized spacial score (nSPS) is 12.0. The number of pyridine rings is 1. The third kappa shape index (κ3) is 10.1. The molecule has 0 aliphatic rings. The average molecular weight is 873 g/mol. The van der Waals surface area contributed by atoms with Crippen molar-refractivity contribution in [1.29, 1.82) is 0 Å². The maximum Gasteiger partial charge on any atom is 0 e. The summed E-state index contributed by atoms with van der Waals surface area (Å²) in [7, 11) is 0. The van der Waals surface area contributed by atoms with Crippen molar-refractivity contribution in [2.45, 2.75) is 87.5 Å². The number of nitrogens with zero attached hydrogens (tertiary/aromatic N) is 1. The molecular formula is C42H50IrNO2Se-. The molecule has 0 saturated heterocycles. The van der Waals surface area contributed by atoms with Crippen molar-refractivity contribution in [3.05, 3.63) is 101 Å². The molecule has 0 bridgehead atoms. The van der Waals surface area contributed by atoms with Crippen molar-refractivity contribution >= 4 is 40.7 Å². The van der Waals surface area contributed by atoms with Crippen LogP contribution in [0.25, 0.3) is 41.7 Å². The molecule has 251 valence electrons. The van der Waals surface area contributed by atoms with Crippen molar-refractivity contribution in [2.75, 3.05) is 0 Å². The number of aryl methyl sites for hydroxylation is 2. The molecule has 3 aromatic carbocycles. The van der Waals surface area contributed by atoms with Gasteiger partial charge in [-0.1, -0.05) is 27.7 Å². The Bertz CT molecular complexity index is 1850. The van der Waals surface area contributed by atoms with Crippen molar-refractivity contribution in [3.63, 3.8) is 0 Å². The van der Waals surface area contributed by atoms with Crippen LogP contribution in [-0.4, -0.2) is 30.4 Å². The molecule has 0 unspecified atom stereocenters. The first kappa shape index (κ1) is 37.0. The van der Waals surface area contributed by atoms with Gasteiger partial charge >= 0.3 is 192 Å². The quantitative estimate of drug-likeness (QED) is 0.0623. The van der Waals surface area contributed by atoms with Crippen molar-refractivity contribution in [1.82, 2.24) is 4.98 Å². The number of aromatic nitrogens is 1. The van der Waals surface area contributed by atoms with Gasteiger partial charge in [-0.05, 0) is 25.7 Å². The van der Waals surface area contributed by atoms with E-state index in [2.05, 4.69) is 93.3 Å². The van der Waals surface area contributed by atoms with Gasteiger partial charge < -0.3 is 5.11 Å². The van der Waals surface area contributed by atoms with Gasteiger partial charge in [-0.15, -0.1) is 0 Å². The molecule has 0 aliphatic heterocycles. The van der Waals surface area contributed by atoms with Gasteiger partial charge in [0, 0.05) is 38.0 Å². The maximum atomic E-state index is 11.7. The summed E-state index contributed by atoms with van der Waals surface area (Å²) in [5.41, 5.74) is 6.78. The molecule has 2 aromatic heterocycles. The number of allylic oxidation sites excluding steroid dienone is 2. The predicted molar refractivity (Wildman–Crippen MR) is 198 cm³/mol. The zero-order chi connectivity index (χ0) is 34.2. The number of carbonyl (C=O) groups excluding carboxylic acids is 1.